The largest absolute Gasteiger partial charge is 0.497 e. The number of aliphatic hydroxyl groups is 1. The summed E-state index contributed by atoms with van der Waals surface area (Å²) in [7, 11) is 4.89. The molecule has 0 fully saturated rings. The van der Waals surface area contributed by atoms with Crippen molar-refractivity contribution in [3.63, 3.8) is 0 Å². The summed E-state index contributed by atoms with van der Waals surface area (Å²) in [5.74, 6) is 2.22. The highest BCUT2D eigenvalue weighted by molar-refractivity contribution is 5.51. The molecule has 0 unspecified atom stereocenters. The molecule has 0 aliphatic carbocycles. The van der Waals surface area contributed by atoms with E-state index in [4.69, 9.17) is 14.2 Å². The number of benzene rings is 2. The molecule has 0 aromatic heterocycles. The normalized spacial score (nSPS) is 10.4. The molecule has 2 aromatic rings. The second-order valence-electron chi connectivity index (χ2n) is 4.95. The molecule has 0 heterocycles. The van der Waals surface area contributed by atoms with Gasteiger partial charge in [-0.3, -0.25) is 0 Å². The van der Waals surface area contributed by atoms with E-state index >= 15 is 0 Å². The predicted molar refractivity (Wildman–Crippen MR) is 85.9 cm³/mol. The molecule has 0 radical (unpaired) electrons. The monoisotopic (exact) mass is 302 g/mol. The summed E-state index contributed by atoms with van der Waals surface area (Å²) in [6.45, 7) is -0.0200. The van der Waals surface area contributed by atoms with Crippen LogP contribution in [0.2, 0.25) is 0 Å². The molecule has 22 heavy (non-hydrogen) atoms. The lowest BCUT2D eigenvalue weighted by atomic mass is 9.98. The van der Waals surface area contributed by atoms with Gasteiger partial charge in [-0.05, 0) is 42.2 Å². The molecule has 0 bridgehead atoms. The molecule has 0 saturated carbocycles. The van der Waals surface area contributed by atoms with Crippen molar-refractivity contribution in [3.8, 4) is 17.2 Å². The van der Waals surface area contributed by atoms with Crippen molar-refractivity contribution in [3.05, 3.63) is 53.1 Å². The van der Waals surface area contributed by atoms with Gasteiger partial charge in [0.15, 0.2) is 11.5 Å². The summed E-state index contributed by atoms with van der Waals surface area (Å²) >= 11 is 0. The minimum atomic E-state index is -0.0200. The van der Waals surface area contributed by atoms with Crippen LogP contribution in [0.4, 0.5) is 0 Å². The van der Waals surface area contributed by atoms with Gasteiger partial charge in [0.25, 0.3) is 0 Å². The Morgan fingerprint density at radius 1 is 0.909 bits per heavy atom. The third kappa shape index (κ3) is 3.52. The Kier molecular flexibility index (Phi) is 5.67. The standard InChI is InChI=1S/C18H22O4/c1-20-15-6-4-5-13(11-15)7-9-16-14(12-19)8-10-17(21-2)18(16)22-3/h4-6,8,10-11,19H,7,9,12H2,1-3H3. The minimum absolute atomic E-state index is 0.0200. The van der Waals surface area contributed by atoms with E-state index in [1.54, 1.807) is 21.3 Å². The predicted octanol–water partition coefficient (Wildman–Crippen LogP) is 2.99. The van der Waals surface area contributed by atoms with Crippen molar-refractivity contribution in [2.45, 2.75) is 19.4 Å². The first kappa shape index (κ1) is 16.2. The Labute approximate surface area is 131 Å². The summed E-state index contributed by atoms with van der Waals surface area (Å²) in [5.41, 5.74) is 3.01. The molecule has 0 aliphatic rings. The molecule has 4 heteroatoms. The molecule has 118 valence electrons. The highest BCUT2D eigenvalue weighted by Gasteiger charge is 2.14. The first-order chi connectivity index (χ1) is 10.7. The Hall–Kier alpha value is -2.20. The third-order valence-electron chi connectivity index (χ3n) is 3.71. The first-order valence-electron chi connectivity index (χ1n) is 7.20. The van der Waals surface area contributed by atoms with Crippen molar-refractivity contribution < 1.29 is 19.3 Å². The zero-order chi connectivity index (χ0) is 15.9. The molecule has 0 saturated heterocycles. The lowest BCUT2D eigenvalue weighted by Crippen LogP contribution is -2.03. The quantitative estimate of drug-likeness (QED) is 0.854. The molecule has 4 nitrogen and oxygen atoms in total. The Morgan fingerprint density at radius 2 is 1.73 bits per heavy atom. The maximum absolute atomic E-state index is 9.56. The van der Waals surface area contributed by atoms with Crippen LogP contribution in [0.3, 0.4) is 0 Å². The summed E-state index contributed by atoms with van der Waals surface area (Å²) in [6.07, 6.45) is 1.58. The summed E-state index contributed by atoms with van der Waals surface area (Å²) in [5, 5.41) is 9.56. The third-order valence-corrected chi connectivity index (χ3v) is 3.71. The fourth-order valence-corrected chi connectivity index (χ4v) is 2.55. The Balaban J connectivity index is 2.27. The van der Waals surface area contributed by atoms with Crippen LogP contribution in [-0.2, 0) is 19.4 Å². The molecular weight excluding hydrogens is 280 g/mol. The average Bonchev–Trinajstić information content (AvgIpc) is 2.58. The van der Waals surface area contributed by atoms with E-state index in [0.717, 1.165) is 29.7 Å². The van der Waals surface area contributed by atoms with Crippen LogP contribution in [0.25, 0.3) is 0 Å². The number of aryl methyl sites for hydroxylation is 1. The van der Waals surface area contributed by atoms with Gasteiger partial charge in [0.05, 0.1) is 27.9 Å². The minimum Gasteiger partial charge on any atom is -0.497 e. The lowest BCUT2D eigenvalue weighted by molar-refractivity contribution is 0.278. The van der Waals surface area contributed by atoms with Gasteiger partial charge in [-0.1, -0.05) is 18.2 Å². The molecule has 0 spiro atoms. The fraction of sp³-hybridized carbons (Fsp3) is 0.333. The number of aliphatic hydroxyl groups excluding tert-OH is 1. The van der Waals surface area contributed by atoms with E-state index < -0.39 is 0 Å². The second kappa shape index (κ2) is 7.71. The number of rotatable bonds is 7. The van der Waals surface area contributed by atoms with E-state index in [0.29, 0.717) is 11.5 Å². The van der Waals surface area contributed by atoms with E-state index in [2.05, 4.69) is 6.07 Å². The van der Waals surface area contributed by atoms with Crippen molar-refractivity contribution in [1.82, 2.24) is 0 Å². The van der Waals surface area contributed by atoms with Crippen LogP contribution >= 0.6 is 0 Å². The van der Waals surface area contributed by atoms with Crippen molar-refractivity contribution in [2.24, 2.45) is 0 Å². The maximum atomic E-state index is 9.56. The van der Waals surface area contributed by atoms with Crippen LogP contribution in [0.1, 0.15) is 16.7 Å². The summed E-state index contributed by atoms with van der Waals surface area (Å²) < 4.78 is 16.1. The summed E-state index contributed by atoms with van der Waals surface area (Å²) in [6, 6.07) is 11.7. The van der Waals surface area contributed by atoms with Gasteiger partial charge in [-0.25, -0.2) is 0 Å². The highest BCUT2D eigenvalue weighted by Crippen LogP contribution is 2.34. The molecule has 0 aliphatic heterocycles. The molecule has 0 atom stereocenters. The van der Waals surface area contributed by atoms with Crippen molar-refractivity contribution >= 4 is 0 Å². The topological polar surface area (TPSA) is 47.9 Å². The van der Waals surface area contributed by atoms with Crippen LogP contribution < -0.4 is 14.2 Å². The number of hydrogen-bond acceptors (Lipinski definition) is 4. The van der Waals surface area contributed by atoms with E-state index in [1.807, 2.05) is 30.3 Å². The zero-order valence-electron chi connectivity index (χ0n) is 13.3. The number of methoxy groups -OCH3 is 3. The molecule has 1 N–H and O–H groups in total. The second-order valence-corrected chi connectivity index (χ2v) is 4.95. The van der Waals surface area contributed by atoms with E-state index in [-0.39, 0.29) is 6.61 Å². The van der Waals surface area contributed by atoms with Gasteiger partial charge in [-0.2, -0.15) is 0 Å². The Morgan fingerprint density at radius 3 is 2.36 bits per heavy atom. The van der Waals surface area contributed by atoms with E-state index in [1.165, 1.54) is 5.56 Å². The zero-order valence-corrected chi connectivity index (χ0v) is 13.3. The van der Waals surface area contributed by atoms with Crippen LogP contribution in [0.5, 0.6) is 17.2 Å². The fourth-order valence-electron chi connectivity index (χ4n) is 2.55. The smallest absolute Gasteiger partial charge is 0.164 e. The maximum Gasteiger partial charge on any atom is 0.164 e. The first-order valence-corrected chi connectivity index (χ1v) is 7.20. The lowest BCUT2D eigenvalue weighted by Gasteiger charge is -2.16. The van der Waals surface area contributed by atoms with Crippen LogP contribution in [0, 0.1) is 0 Å². The Bertz CT molecular complexity index is 622. The van der Waals surface area contributed by atoms with Crippen LogP contribution in [0.15, 0.2) is 36.4 Å². The van der Waals surface area contributed by atoms with E-state index in [9.17, 15) is 5.11 Å². The van der Waals surface area contributed by atoms with Gasteiger partial charge in [0, 0.05) is 5.56 Å². The average molecular weight is 302 g/mol. The molecule has 0 amide bonds. The van der Waals surface area contributed by atoms with Gasteiger partial charge in [0.2, 0.25) is 0 Å². The van der Waals surface area contributed by atoms with Crippen molar-refractivity contribution in [1.29, 1.82) is 0 Å². The number of ether oxygens (including phenoxy) is 3. The highest BCUT2D eigenvalue weighted by atomic mass is 16.5. The van der Waals surface area contributed by atoms with Gasteiger partial charge < -0.3 is 19.3 Å². The molecular formula is C18H22O4. The van der Waals surface area contributed by atoms with Gasteiger partial charge >= 0.3 is 0 Å². The summed E-state index contributed by atoms with van der Waals surface area (Å²) in [4.78, 5) is 0. The van der Waals surface area contributed by atoms with Gasteiger partial charge in [-0.15, -0.1) is 0 Å². The van der Waals surface area contributed by atoms with Gasteiger partial charge in [0.1, 0.15) is 5.75 Å². The van der Waals surface area contributed by atoms with Crippen molar-refractivity contribution in [2.75, 3.05) is 21.3 Å². The SMILES string of the molecule is COc1cccc(CCc2c(CO)ccc(OC)c2OC)c1. The molecule has 2 rings (SSSR count). The molecule has 2 aromatic carbocycles. The van der Waals surface area contributed by atoms with Crippen LogP contribution in [-0.4, -0.2) is 26.4 Å². The number of hydrogen-bond donors (Lipinski definition) is 1.